The van der Waals surface area contributed by atoms with Crippen molar-refractivity contribution in [3.63, 3.8) is 0 Å². The lowest BCUT2D eigenvalue weighted by Crippen LogP contribution is -2.63. The molecule has 55 heavy (non-hydrogen) atoms. The van der Waals surface area contributed by atoms with Crippen molar-refractivity contribution >= 4 is 52.4 Å². The summed E-state index contributed by atoms with van der Waals surface area (Å²) in [5.41, 5.74) is 8.27. The van der Waals surface area contributed by atoms with Gasteiger partial charge in [-0.05, 0) is 75.4 Å². The van der Waals surface area contributed by atoms with Gasteiger partial charge in [0.1, 0.15) is 34.7 Å². The number of benzene rings is 2. The van der Waals surface area contributed by atoms with Crippen LogP contribution in [0.4, 0.5) is 32.3 Å². The summed E-state index contributed by atoms with van der Waals surface area (Å²) in [6.07, 6.45) is 2.47. The number of alkyl carbamates (subject to hydrolysis) is 1. The number of epoxide rings is 1. The predicted molar refractivity (Wildman–Crippen MR) is 210 cm³/mol. The normalized spacial score (nSPS) is 31.4. The molecule has 0 aromatic heterocycles. The number of ether oxygens (including phenoxy) is 5. The van der Waals surface area contributed by atoms with E-state index in [4.69, 9.17) is 41.0 Å². The van der Waals surface area contributed by atoms with E-state index in [1.54, 1.807) is 26.1 Å². The number of nitrogens with one attached hydrogen (secondary N) is 2. The number of carbonyl (C=O) groups is 3. The average molecular weight is 782 g/mol. The van der Waals surface area contributed by atoms with Gasteiger partial charge < -0.3 is 44.3 Å². The van der Waals surface area contributed by atoms with E-state index in [9.17, 15) is 19.5 Å². The topological polar surface area (TPSA) is 177 Å². The highest BCUT2D eigenvalue weighted by Gasteiger charge is 2.64. The fraction of sp³-hybridized carbons (Fsp3) is 0.525. The highest BCUT2D eigenvalue weighted by atomic mass is 35.5. The Hall–Kier alpha value is -4.50. The van der Waals surface area contributed by atoms with E-state index in [0.29, 0.717) is 29.2 Å². The third-order valence-corrected chi connectivity index (χ3v) is 11.6. The maximum Gasteiger partial charge on any atom is 0.412 e. The molecule has 0 saturated carbocycles. The minimum Gasteiger partial charge on any atom is -0.495 e. The van der Waals surface area contributed by atoms with Crippen LogP contribution in [-0.2, 0) is 30.2 Å². The van der Waals surface area contributed by atoms with E-state index in [0.717, 1.165) is 48.3 Å². The van der Waals surface area contributed by atoms with Crippen LogP contribution in [0.15, 0.2) is 48.1 Å². The number of nitrogen functional groups attached to an aromatic ring is 1. The van der Waals surface area contributed by atoms with Crippen LogP contribution < -0.4 is 30.9 Å². The summed E-state index contributed by atoms with van der Waals surface area (Å²) in [6.45, 7) is 9.09. The Balaban J connectivity index is 1.36. The number of allylic oxidation sites excluding steroid dienone is 3. The number of rotatable bonds is 5. The SMILES string of the molecule is COc1cc2cc(c1Cl)N(C)C(=O)C[C@H](OC(=O)Nc1cc(N3CCCC3)c(N)cc1C)[C@]1(C)O[C@H]1[C@H](C)[C@@H]1C[C@@](O)(NC(=O)O1)[C@H](OC)/C=C/C=C(\C)C2. The number of methoxy groups -OCH3 is 2. The van der Waals surface area contributed by atoms with E-state index in [-0.39, 0.29) is 17.9 Å². The standard InChI is InChI=1S/C40H52ClN5O9/c1-22-11-10-12-32(52-7)40(50)21-31(53-38(49)44-40)24(3)36-39(4,55-36)33(20-34(47)45(5)29-17-25(15-22)18-30(51-6)35(29)41)54-37(48)43-27-19-28(26(42)16-23(27)2)46-13-8-9-14-46/h10-12,16-19,24,31-33,36,50H,8-9,13-15,20-21,42H2,1-7H3,(H,43,48)(H,44,49)/b12-10+,22-11+/t24-,31+,32-,33+,36+,39+,40+/m1/s1. The average Bonchev–Trinajstić information content (AvgIpc) is 3.53. The number of hydrogen-bond donors (Lipinski definition) is 4. The van der Waals surface area contributed by atoms with E-state index in [1.807, 2.05) is 51.1 Å². The van der Waals surface area contributed by atoms with Crippen LogP contribution in [0.3, 0.4) is 0 Å². The smallest absolute Gasteiger partial charge is 0.412 e. The molecule has 0 radical (unpaired) electrons. The number of hydrogen-bond acceptors (Lipinski definition) is 11. The molecule has 14 nitrogen and oxygen atoms in total. The number of aliphatic hydroxyl groups is 1. The molecule has 0 spiro atoms. The van der Waals surface area contributed by atoms with E-state index in [2.05, 4.69) is 15.5 Å². The van der Waals surface area contributed by atoms with Gasteiger partial charge in [-0.25, -0.2) is 9.59 Å². The molecule has 4 aliphatic rings. The Morgan fingerprint density at radius 2 is 1.85 bits per heavy atom. The van der Waals surface area contributed by atoms with Crippen molar-refractivity contribution in [2.24, 2.45) is 5.92 Å². The number of nitrogens with two attached hydrogens (primary N) is 1. The third kappa shape index (κ3) is 8.37. The fourth-order valence-electron chi connectivity index (χ4n) is 7.96. The molecule has 3 saturated heterocycles. The van der Waals surface area contributed by atoms with E-state index >= 15 is 0 Å². The maximum atomic E-state index is 14.2. The van der Waals surface area contributed by atoms with Gasteiger partial charge in [-0.15, -0.1) is 0 Å². The molecule has 7 atom stereocenters. The van der Waals surface area contributed by atoms with Crippen LogP contribution in [0.2, 0.25) is 5.02 Å². The Labute approximate surface area is 326 Å². The number of carbonyl (C=O) groups excluding carboxylic acids is 3. The lowest BCUT2D eigenvalue weighted by Gasteiger charge is -2.42. The molecule has 4 heterocycles. The van der Waals surface area contributed by atoms with Gasteiger partial charge in [-0.2, -0.15) is 0 Å². The molecule has 3 amide bonds. The number of aryl methyl sites for hydroxylation is 1. The van der Waals surface area contributed by atoms with Crippen molar-refractivity contribution < 1.29 is 43.2 Å². The van der Waals surface area contributed by atoms with Gasteiger partial charge in [0.05, 0.1) is 36.7 Å². The van der Waals surface area contributed by atoms with Crippen molar-refractivity contribution in [1.82, 2.24) is 5.32 Å². The summed E-state index contributed by atoms with van der Waals surface area (Å²) in [5.74, 6) is -0.521. The lowest BCUT2D eigenvalue weighted by atomic mass is 9.83. The molecule has 6 rings (SSSR count). The van der Waals surface area contributed by atoms with Crippen LogP contribution in [0.5, 0.6) is 5.75 Å². The van der Waals surface area contributed by atoms with Gasteiger partial charge in [-0.3, -0.25) is 15.4 Å². The minimum absolute atomic E-state index is 0.0328. The molecule has 4 aliphatic heterocycles. The van der Waals surface area contributed by atoms with E-state index < -0.39 is 59.8 Å². The molecule has 298 valence electrons. The molecule has 15 heteroatoms. The lowest BCUT2D eigenvalue weighted by molar-refractivity contribution is -0.142. The van der Waals surface area contributed by atoms with Crippen molar-refractivity contribution in [3.8, 4) is 5.75 Å². The monoisotopic (exact) mass is 781 g/mol. The summed E-state index contributed by atoms with van der Waals surface area (Å²) in [7, 11) is 4.55. The van der Waals surface area contributed by atoms with Crippen LogP contribution >= 0.6 is 11.6 Å². The number of anilines is 4. The number of fused-ring (bicyclic) bond motifs is 5. The highest BCUT2D eigenvalue weighted by molar-refractivity contribution is 6.35. The Morgan fingerprint density at radius 1 is 1.13 bits per heavy atom. The Bertz CT molecular complexity index is 1880. The summed E-state index contributed by atoms with van der Waals surface area (Å²) >= 11 is 6.79. The summed E-state index contributed by atoms with van der Waals surface area (Å²) in [6, 6.07) is 7.29. The zero-order valence-corrected chi connectivity index (χ0v) is 33.2. The minimum atomic E-state index is -1.81. The zero-order valence-electron chi connectivity index (χ0n) is 32.4. The van der Waals surface area contributed by atoms with Crippen LogP contribution in [0, 0.1) is 12.8 Å². The molecule has 4 bridgehead atoms. The van der Waals surface area contributed by atoms with Crippen molar-refractivity contribution in [1.29, 1.82) is 0 Å². The molecule has 0 unspecified atom stereocenters. The summed E-state index contributed by atoms with van der Waals surface area (Å²) < 4.78 is 29.4. The van der Waals surface area contributed by atoms with E-state index in [1.165, 1.54) is 19.1 Å². The fourth-order valence-corrected chi connectivity index (χ4v) is 8.27. The maximum absolute atomic E-state index is 14.2. The predicted octanol–water partition coefficient (Wildman–Crippen LogP) is 5.86. The van der Waals surface area contributed by atoms with Gasteiger partial charge in [0.2, 0.25) is 5.91 Å². The van der Waals surface area contributed by atoms with Crippen LogP contribution in [-0.4, -0.2) is 93.3 Å². The van der Waals surface area contributed by atoms with Crippen LogP contribution in [0.25, 0.3) is 0 Å². The Kier molecular flexibility index (Phi) is 11.6. The quantitative estimate of drug-likeness (QED) is 0.211. The first-order valence-electron chi connectivity index (χ1n) is 18.6. The third-order valence-electron chi connectivity index (χ3n) is 11.3. The van der Waals surface area contributed by atoms with Gasteiger partial charge in [0.25, 0.3) is 0 Å². The van der Waals surface area contributed by atoms with Gasteiger partial charge in [-0.1, -0.05) is 42.3 Å². The first-order chi connectivity index (χ1) is 26.1. The zero-order chi connectivity index (χ0) is 39.8. The first-order valence-corrected chi connectivity index (χ1v) is 19.0. The Morgan fingerprint density at radius 3 is 2.55 bits per heavy atom. The number of halogens is 1. The number of nitrogens with zero attached hydrogens (tertiary/aromatic N) is 2. The summed E-state index contributed by atoms with van der Waals surface area (Å²) in [5, 5.41) is 17.4. The van der Waals surface area contributed by atoms with Crippen LogP contribution in [0.1, 0.15) is 57.6 Å². The molecule has 2 aromatic rings. The number of amides is 3. The second kappa shape index (κ2) is 15.9. The first kappa shape index (κ1) is 40.2. The molecular formula is C40H52ClN5O9. The second-order valence-corrected chi connectivity index (χ2v) is 15.6. The van der Waals surface area contributed by atoms with Crippen molar-refractivity contribution in [2.45, 2.75) is 95.5 Å². The molecule has 2 aromatic carbocycles. The molecular weight excluding hydrogens is 730 g/mol. The van der Waals surface area contributed by atoms with Crippen molar-refractivity contribution in [3.05, 3.63) is 64.2 Å². The van der Waals surface area contributed by atoms with Gasteiger partial charge in [0.15, 0.2) is 5.72 Å². The molecule has 3 fully saturated rings. The van der Waals surface area contributed by atoms with Crippen molar-refractivity contribution in [2.75, 3.05) is 55.2 Å². The molecule has 0 aliphatic carbocycles. The summed E-state index contributed by atoms with van der Waals surface area (Å²) in [4.78, 5) is 44.5. The highest BCUT2D eigenvalue weighted by Crippen LogP contribution is 2.49. The van der Waals surface area contributed by atoms with Gasteiger partial charge in [0, 0.05) is 45.3 Å². The largest absolute Gasteiger partial charge is 0.495 e. The second-order valence-electron chi connectivity index (χ2n) is 15.2. The molecule has 5 N–H and O–H groups in total. The van der Waals surface area contributed by atoms with Gasteiger partial charge >= 0.3 is 12.2 Å².